The maximum absolute atomic E-state index is 13.1. The zero-order valence-electron chi connectivity index (χ0n) is 19.1. The SMILES string of the molecule is O=C(CN1C(=O)[C@@]2(CO)C[C@H]2c2ccccc21)NCCN1CCC(Cc2ccccc2)CC1. The van der Waals surface area contributed by atoms with Crippen molar-refractivity contribution >= 4 is 17.5 Å². The van der Waals surface area contributed by atoms with Gasteiger partial charge in [-0.3, -0.25) is 9.59 Å². The van der Waals surface area contributed by atoms with Crippen LogP contribution in [0.25, 0.3) is 0 Å². The van der Waals surface area contributed by atoms with Crippen LogP contribution in [0.3, 0.4) is 0 Å². The van der Waals surface area contributed by atoms with E-state index in [1.807, 2.05) is 24.3 Å². The monoisotopic (exact) mass is 447 g/mol. The Balaban J connectivity index is 1.08. The molecule has 2 aliphatic heterocycles. The van der Waals surface area contributed by atoms with Gasteiger partial charge in [0.25, 0.3) is 0 Å². The van der Waals surface area contributed by atoms with Gasteiger partial charge in [0.1, 0.15) is 6.54 Å². The maximum Gasteiger partial charge on any atom is 0.240 e. The standard InChI is InChI=1S/C27H33N3O3/c31-19-27-17-23(27)22-8-4-5-9-24(22)30(26(27)33)18-25(32)28-12-15-29-13-10-21(11-14-29)16-20-6-2-1-3-7-20/h1-9,21,23,31H,10-19H2,(H,28,32)/t23-,27+/m0/s1. The minimum atomic E-state index is -0.723. The lowest BCUT2D eigenvalue weighted by molar-refractivity contribution is -0.128. The van der Waals surface area contributed by atoms with E-state index in [2.05, 4.69) is 40.5 Å². The van der Waals surface area contributed by atoms with Crippen molar-refractivity contribution in [3.8, 4) is 0 Å². The Morgan fingerprint density at radius 1 is 1.06 bits per heavy atom. The third-order valence-electron chi connectivity index (χ3n) is 7.76. The molecule has 2 fully saturated rings. The number of rotatable bonds is 8. The fraction of sp³-hybridized carbons (Fsp3) is 0.481. The van der Waals surface area contributed by atoms with Gasteiger partial charge in [0, 0.05) is 24.7 Å². The number of nitrogens with zero attached hydrogens (tertiary/aromatic N) is 2. The maximum atomic E-state index is 13.1. The van der Waals surface area contributed by atoms with Gasteiger partial charge in [0.2, 0.25) is 11.8 Å². The van der Waals surface area contributed by atoms with Gasteiger partial charge in [-0.05, 0) is 61.9 Å². The van der Waals surface area contributed by atoms with E-state index >= 15 is 0 Å². The second kappa shape index (κ2) is 9.27. The van der Waals surface area contributed by atoms with Crippen LogP contribution < -0.4 is 10.2 Å². The van der Waals surface area contributed by atoms with Crippen LogP contribution in [0.1, 0.15) is 36.3 Å². The molecule has 2 heterocycles. The third-order valence-corrected chi connectivity index (χ3v) is 7.76. The minimum absolute atomic E-state index is 0.00344. The van der Waals surface area contributed by atoms with E-state index in [0.29, 0.717) is 13.0 Å². The summed E-state index contributed by atoms with van der Waals surface area (Å²) in [7, 11) is 0. The molecule has 1 saturated heterocycles. The quantitative estimate of drug-likeness (QED) is 0.653. The first-order valence-corrected chi connectivity index (χ1v) is 12.2. The molecule has 2 amide bonds. The number of piperidine rings is 1. The van der Waals surface area contributed by atoms with E-state index in [1.54, 1.807) is 4.90 Å². The Bertz CT molecular complexity index is 1000. The van der Waals surface area contributed by atoms with Crippen molar-refractivity contribution in [2.24, 2.45) is 11.3 Å². The summed E-state index contributed by atoms with van der Waals surface area (Å²) in [5.74, 6) is 0.539. The average molecular weight is 448 g/mol. The number of likely N-dealkylation sites (tertiary alicyclic amines) is 1. The molecule has 1 aliphatic carbocycles. The molecule has 2 aromatic carbocycles. The number of hydrogen-bond acceptors (Lipinski definition) is 4. The molecule has 0 aromatic heterocycles. The molecule has 2 atom stereocenters. The first kappa shape index (κ1) is 22.1. The largest absolute Gasteiger partial charge is 0.395 e. The summed E-state index contributed by atoms with van der Waals surface area (Å²) in [4.78, 5) is 29.8. The Morgan fingerprint density at radius 2 is 1.79 bits per heavy atom. The fourth-order valence-electron chi connectivity index (χ4n) is 5.67. The molecular formula is C27H33N3O3. The van der Waals surface area contributed by atoms with E-state index in [0.717, 1.165) is 43.2 Å². The molecule has 6 nitrogen and oxygen atoms in total. The summed E-state index contributed by atoms with van der Waals surface area (Å²) in [5.41, 5.74) is 2.57. The van der Waals surface area contributed by atoms with Crippen molar-refractivity contribution in [1.82, 2.24) is 10.2 Å². The van der Waals surface area contributed by atoms with Gasteiger partial charge in [-0.25, -0.2) is 0 Å². The van der Waals surface area contributed by atoms with Crippen molar-refractivity contribution in [3.05, 3.63) is 65.7 Å². The number of carbonyl (C=O) groups excluding carboxylic acids is 2. The van der Waals surface area contributed by atoms with Crippen LogP contribution in [0.15, 0.2) is 54.6 Å². The summed E-state index contributed by atoms with van der Waals surface area (Å²) in [6.07, 6.45) is 4.18. The molecule has 0 spiro atoms. The summed E-state index contributed by atoms with van der Waals surface area (Å²) in [5, 5.41) is 12.9. The van der Waals surface area contributed by atoms with Crippen LogP contribution in [0, 0.1) is 11.3 Å². The Kier molecular flexibility index (Phi) is 6.21. The predicted molar refractivity (Wildman–Crippen MR) is 128 cm³/mol. The van der Waals surface area contributed by atoms with Crippen LogP contribution in [0.4, 0.5) is 5.69 Å². The molecular weight excluding hydrogens is 414 g/mol. The molecule has 2 N–H and O–H groups in total. The van der Waals surface area contributed by atoms with Crippen molar-refractivity contribution < 1.29 is 14.7 Å². The van der Waals surface area contributed by atoms with Gasteiger partial charge in [-0.1, -0.05) is 48.5 Å². The van der Waals surface area contributed by atoms with Gasteiger partial charge < -0.3 is 20.2 Å². The van der Waals surface area contributed by atoms with Crippen molar-refractivity contribution in [3.63, 3.8) is 0 Å². The molecule has 174 valence electrons. The van der Waals surface area contributed by atoms with E-state index in [4.69, 9.17) is 0 Å². The summed E-state index contributed by atoms with van der Waals surface area (Å²) in [6.45, 7) is 3.38. The van der Waals surface area contributed by atoms with Gasteiger partial charge in [-0.15, -0.1) is 0 Å². The van der Waals surface area contributed by atoms with Gasteiger partial charge in [-0.2, -0.15) is 0 Å². The first-order valence-electron chi connectivity index (χ1n) is 12.2. The van der Waals surface area contributed by atoms with Crippen molar-refractivity contribution in [2.75, 3.05) is 44.2 Å². The predicted octanol–water partition coefficient (Wildman–Crippen LogP) is 2.57. The summed E-state index contributed by atoms with van der Waals surface area (Å²) >= 11 is 0. The molecule has 33 heavy (non-hydrogen) atoms. The third kappa shape index (κ3) is 4.42. The molecule has 5 rings (SSSR count). The lowest BCUT2D eigenvalue weighted by Gasteiger charge is -2.33. The van der Waals surface area contributed by atoms with Crippen LogP contribution in [-0.4, -0.2) is 61.2 Å². The second-order valence-electron chi connectivity index (χ2n) is 9.85. The number of para-hydroxylation sites is 1. The van der Waals surface area contributed by atoms with Crippen molar-refractivity contribution in [1.29, 1.82) is 0 Å². The lowest BCUT2D eigenvalue weighted by Crippen LogP contribution is -2.48. The zero-order valence-corrected chi connectivity index (χ0v) is 19.1. The van der Waals surface area contributed by atoms with E-state index < -0.39 is 5.41 Å². The van der Waals surface area contributed by atoms with E-state index in [-0.39, 0.29) is 30.9 Å². The Hall–Kier alpha value is -2.70. The van der Waals surface area contributed by atoms with Gasteiger partial charge in [0.05, 0.1) is 12.0 Å². The number of aliphatic hydroxyl groups is 1. The number of amides is 2. The number of nitrogens with one attached hydrogen (secondary N) is 1. The number of hydrogen-bond donors (Lipinski definition) is 2. The van der Waals surface area contributed by atoms with Crippen LogP contribution in [0.5, 0.6) is 0 Å². The number of benzene rings is 2. The van der Waals surface area contributed by atoms with Crippen molar-refractivity contribution in [2.45, 2.75) is 31.6 Å². The van der Waals surface area contributed by atoms with E-state index in [1.165, 1.54) is 18.4 Å². The molecule has 1 saturated carbocycles. The fourth-order valence-corrected chi connectivity index (χ4v) is 5.67. The normalized spacial score (nSPS) is 24.8. The highest BCUT2D eigenvalue weighted by atomic mass is 16.3. The van der Waals surface area contributed by atoms with Crippen LogP contribution in [-0.2, 0) is 16.0 Å². The van der Waals surface area contributed by atoms with E-state index in [9.17, 15) is 14.7 Å². The molecule has 0 unspecified atom stereocenters. The average Bonchev–Trinajstić information content (AvgIpc) is 3.60. The molecule has 2 aromatic rings. The van der Waals surface area contributed by atoms with Gasteiger partial charge in [0.15, 0.2) is 0 Å². The summed E-state index contributed by atoms with van der Waals surface area (Å²) in [6, 6.07) is 18.5. The molecule has 3 aliphatic rings. The molecule has 0 radical (unpaired) electrons. The minimum Gasteiger partial charge on any atom is -0.395 e. The number of carbonyl (C=O) groups is 2. The Labute approximate surface area is 195 Å². The first-order chi connectivity index (χ1) is 16.1. The highest BCUT2D eigenvalue weighted by Crippen LogP contribution is 2.64. The highest BCUT2D eigenvalue weighted by molar-refractivity contribution is 6.07. The Morgan fingerprint density at radius 3 is 2.55 bits per heavy atom. The summed E-state index contributed by atoms with van der Waals surface area (Å²) < 4.78 is 0. The number of fused-ring (bicyclic) bond motifs is 3. The number of anilines is 1. The van der Waals surface area contributed by atoms with Crippen LogP contribution >= 0.6 is 0 Å². The zero-order chi connectivity index (χ0) is 22.8. The number of aliphatic hydroxyl groups excluding tert-OH is 1. The lowest BCUT2D eigenvalue weighted by atomic mass is 9.90. The van der Waals surface area contributed by atoms with Crippen LogP contribution in [0.2, 0.25) is 0 Å². The second-order valence-corrected chi connectivity index (χ2v) is 9.85. The highest BCUT2D eigenvalue weighted by Gasteiger charge is 2.65. The smallest absolute Gasteiger partial charge is 0.240 e. The molecule has 6 heteroatoms. The molecule has 0 bridgehead atoms. The topological polar surface area (TPSA) is 72.9 Å². The van der Waals surface area contributed by atoms with Gasteiger partial charge >= 0.3 is 0 Å².